The Kier molecular flexibility index (Phi) is 5.63. The van der Waals surface area contributed by atoms with Crippen molar-refractivity contribution < 1.29 is 4.79 Å². The van der Waals surface area contributed by atoms with Crippen molar-refractivity contribution in [2.24, 2.45) is 0 Å². The minimum absolute atomic E-state index is 0.170. The van der Waals surface area contributed by atoms with Gasteiger partial charge in [0, 0.05) is 23.6 Å². The number of anilines is 1. The number of hydrogen-bond donors (Lipinski definition) is 1. The van der Waals surface area contributed by atoms with Crippen LogP contribution in [0.1, 0.15) is 11.9 Å². The third-order valence-electron chi connectivity index (χ3n) is 3.98. The van der Waals surface area contributed by atoms with Gasteiger partial charge in [0.05, 0.1) is 5.25 Å². The molecule has 146 valence electrons. The lowest BCUT2D eigenvalue weighted by Crippen LogP contribution is -2.22. The van der Waals surface area contributed by atoms with E-state index in [1.807, 2.05) is 60.9 Å². The van der Waals surface area contributed by atoms with E-state index in [-0.39, 0.29) is 5.91 Å². The number of rotatable bonds is 6. The third kappa shape index (κ3) is 4.33. The van der Waals surface area contributed by atoms with E-state index in [1.165, 1.54) is 23.1 Å². The SMILES string of the molecule is Cc1nnc(NC(=O)C(C)Sc2nnc(-c3cccnc3)n2-c2ccccc2)s1. The summed E-state index contributed by atoms with van der Waals surface area (Å²) < 4.78 is 1.93. The Balaban J connectivity index is 1.63. The first-order valence-electron chi connectivity index (χ1n) is 8.80. The number of aromatic nitrogens is 6. The van der Waals surface area contributed by atoms with Crippen LogP contribution in [0.3, 0.4) is 0 Å². The van der Waals surface area contributed by atoms with Crippen LogP contribution in [0.2, 0.25) is 0 Å². The third-order valence-corrected chi connectivity index (χ3v) is 5.77. The summed E-state index contributed by atoms with van der Waals surface area (Å²) in [4.78, 5) is 16.8. The largest absolute Gasteiger partial charge is 0.300 e. The molecular weight excluding hydrogens is 406 g/mol. The molecule has 4 rings (SSSR count). The van der Waals surface area contributed by atoms with Gasteiger partial charge in [-0.05, 0) is 38.1 Å². The highest BCUT2D eigenvalue weighted by Gasteiger charge is 2.22. The van der Waals surface area contributed by atoms with Gasteiger partial charge in [0.2, 0.25) is 11.0 Å². The number of nitrogens with one attached hydrogen (secondary N) is 1. The summed E-state index contributed by atoms with van der Waals surface area (Å²) in [7, 11) is 0. The number of para-hydroxylation sites is 1. The van der Waals surface area contributed by atoms with Crippen molar-refractivity contribution in [1.29, 1.82) is 0 Å². The summed E-state index contributed by atoms with van der Waals surface area (Å²) in [5, 5.41) is 20.9. The molecule has 8 nitrogen and oxygen atoms in total. The molecule has 0 bridgehead atoms. The molecule has 0 spiro atoms. The number of pyridine rings is 1. The standard InChI is InChI=1S/C19H17N7OS2/c1-12(17(27)21-18-24-22-13(2)29-18)28-19-25-23-16(14-7-6-10-20-11-14)26(19)15-8-4-3-5-9-15/h3-12H,1-2H3,(H,21,24,27). The molecule has 0 fully saturated rings. The molecule has 1 amide bonds. The average molecular weight is 424 g/mol. The molecular formula is C19H17N7OS2. The zero-order valence-corrected chi connectivity index (χ0v) is 17.3. The van der Waals surface area contributed by atoms with Gasteiger partial charge in [-0.2, -0.15) is 0 Å². The molecule has 1 unspecified atom stereocenters. The number of thioether (sulfide) groups is 1. The highest BCUT2D eigenvalue weighted by Crippen LogP contribution is 2.30. The van der Waals surface area contributed by atoms with Crippen LogP contribution in [0.25, 0.3) is 17.1 Å². The monoisotopic (exact) mass is 423 g/mol. The van der Waals surface area contributed by atoms with E-state index in [9.17, 15) is 4.79 Å². The maximum atomic E-state index is 12.6. The minimum Gasteiger partial charge on any atom is -0.300 e. The molecule has 4 aromatic rings. The second-order valence-corrected chi connectivity index (χ2v) is 8.58. The van der Waals surface area contributed by atoms with Gasteiger partial charge in [-0.3, -0.25) is 19.7 Å². The van der Waals surface area contributed by atoms with E-state index in [0.717, 1.165) is 16.3 Å². The van der Waals surface area contributed by atoms with Gasteiger partial charge in [-0.15, -0.1) is 20.4 Å². The number of carbonyl (C=O) groups excluding carboxylic acids is 1. The summed E-state index contributed by atoms with van der Waals surface area (Å²) in [6.07, 6.45) is 3.45. The van der Waals surface area contributed by atoms with Crippen molar-refractivity contribution in [2.45, 2.75) is 24.3 Å². The number of amides is 1. The summed E-state index contributed by atoms with van der Waals surface area (Å²) >= 11 is 2.67. The fourth-order valence-electron chi connectivity index (χ4n) is 2.60. The Morgan fingerprint density at radius 1 is 1.10 bits per heavy atom. The predicted molar refractivity (Wildman–Crippen MR) is 113 cm³/mol. The number of nitrogens with zero attached hydrogens (tertiary/aromatic N) is 6. The summed E-state index contributed by atoms with van der Waals surface area (Å²) in [6.45, 7) is 3.66. The van der Waals surface area contributed by atoms with Crippen LogP contribution in [0.4, 0.5) is 5.13 Å². The number of carbonyl (C=O) groups is 1. The zero-order valence-electron chi connectivity index (χ0n) is 15.7. The molecule has 1 aromatic carbocycles. The fourth-order valence-corrected chi connectivity index (χ4v) is 4.07. The maximum absolute atomic E-state index is 12.6. The molecule has 0 saturated heterocycles. The van der Waals surface area contributed by atoms with Gasteiger partial charge >= 0.3 is 0 Å². The Morgan fingerprint density at radius 2 is 1.93 bits per heavy atom. The topological polar surface area (TPSA) is 98.5 Å². The first-order valence-corrected chi connectivity index (χ1v) is 10.5. The van der Waals surface area contributed by atoms with Crippen LogP contribution >= 0.6 is 23.1 Å². The van der Waals surface area contributed by atoms with Crippen molar-refractivity contribution in [1.82, 2.24) is 29.9 Å². The van der Waals surface area contributed by atoms with Crippen LogP contribution in [-0.4, -0.2) is 41.1 Å². The number of benzene rings is 1. The van der Waals surface area contributed by atoms with Crippen molar-refractivity contribution in [2.75, 3.05) is 5.32 Å². The number of hydrogen-bond acceptors (Lipinski definition) is 8. The molecule has 0 saturated carbocycles. The Morgan fingerprint density at radius 3 is 2.62 bits per heavy atom. The molecule has 10 heteroatoms. The van der Waals surface area contributed by atoms with Crippen molar-refractivity contribution in [3.05, 3.63) is 59.9 Å². The second kappa shape index (κ2) is 8.50. The van der Waals surface area contributed by atoms with Crippen molar-refractivity contribution in [3.8, 4) is 17.1 Å². The molecule has 3 aromatic heterocycles. The Hall–Kier alpha value is -3.11. The van der Waals surface area contributed by atoms with Crippen LogP contribution in [0.15, 0.2) is 60.0 Å². The molecule has 3 heterocycles. The van der Waals surface area contributed by atoms with Gasteiger partial charge < -0.3 is 0 Å². The van der Waals surface area contributed by atoms with Gasteiger partial charge in [0.1, 0.15) is 5.01 Å². The van der Waals surface area contributed by atoms with E-state index in [0.29, 0.717) is 16.1 Å². The van der Waals surface area contributed by atoms with Crippen LogP contribution in [0, 0.1) is 6.92 Å². The Bertz CT molecular complexity index is 1110. The molecule has 0 aliphatic heterocycles. The van der Waals surface area contributed by atoms with E-state index in [2.05, 4.69) is 30.7 Å². The van der Waals surface area contributed by atoms with E-state index in [1.54, 1.807) is 12.4 Å². The van der Waals surface area contributed by atoms with Gasteiger partial charge in [-0.1, -0.05) is 41.3 Å². The first-order chi connectivity index (χ1) is 14.1. The smallest absolute Gasteiger partial charge is 0.239 e. The molecule has 29 heavy (non-hydrogen) atoms. The molecule has 1 N–H and O–H groups in total. The van der Waals surface area contributed by atoms with Gasteiger partial charge in [-0.25, -0.2) is 0 Å². The highest BCUT2D eigenvalue weighted by atomic mass is 32.2. The van der Waals surface area contributed by atoms with Crippen LogP contribution in [-0.2, 0) is 4.79 Å². The molecule has 1 atom stereocenters. The second-order valence-electron chi connectivity index (χ2n) is 6.09. The fraction of sp³-hybridized carbons (Fsp3) is 0.158. The number of aryl methyl sites for hydroxylation is 1. The van der Waals surface area contributed by atoms with Gasteiger partial charge in [0.25, 0.3) is 0 Å². The lowest BCUT2D eigenvalue weighted by Gasteiger charge is -2.13. The molecule has 0 aliphatic rings. The lowest BCUT2D eigenvalue weighted by molar-refractivity contribution is -0.115. The quantitative estimate of drug-likeness (QED) is 0.473. The maximum Gasteiger partial charge on any atom is 0.239 e. The summed E-state index contributed by atoms with van der Waals surface area (Å²) in [6, 6.07) is 13.6. The van der Waals surface area contributed by atoms with Crippen molar-refractivity contribution in [3.63, 3.8) is 0 Å². The van der Waals surface area contributed by atoms with Crippen LogP contribution < -0.4 is 5.32 Å². The molecule has 0 radical (unpaired) electrons. The summed E-state index contributed by atoms with van der Waals surface area (Å²) in [5.41, 5.74) is 1.75. The van der Waals surface area contributed by atoms with E-state index < -0.39 is 5.25 Å². The van der Waals surface area contributed by atoms with Gasteiger partial charge in [0.15, 0.2) is 11.0 Å². The summed E-state index contributed by atoms with van der Waals surface area (Å²) in [5.74, 6) is 0.496. The van der Waals surface area contributed by atoms with E-state index >= 15 is 0 Å². The average Bonchev–Trinajstić information content (AvgIpc) is 3.35. The van der Waals surface area contributed by atoms with Crippen molar-refractivity contribution >= 4 is 34.1 Å². The highest BCUT2D eigenvalue weighted by molar-refractivity contribution is 8.00. The van der Waals surface area contributed by atoms with Crippen LogP contribution in [0.5, 0.6) is 0 Å². The Labute approximate surface area is 175 Å². The predicted octanol–water partition coefficient (Wildman–Crippen LogP) is 3.61. The first kappa shape index (κ1) is 19.2. The zero-order chi connectivity index (χ0) is 20.2. The van der Waals surface area contributed by atoms with E-state index in [4.69, 9.17) is 0 Å². The molecule has 0 aliphatic carbocycles. The minimum atomic E-state index is -0.410. The normalized spacial score (nSPS) is 11.9. The lowest BCUT2D eigenvalue weighted by atomic mass is 10.2.